The van der Waals surface area contributed by atoms with Crippen LogP contribution in [0.3, 0.4) is 0 Å². The second kappa shape index (κ2) is 5.18. The largest absolute Gasteiger partial charge is 0.270 e. The molecule has 1 aliphatic heterocycles. The molecule has 3 nitrogen and oxygen atoms in total. The van der Waals surface area contributed by atoms with Crippen molar-refractivity contribution in [1.82, 2.24) is 4.90 Å². The number of carbonyl (C=O) groups is 2. The Hall–Kier alpha value is -1.40. The Morgan fingerprint density at radius 2 is 1.60 bits per heavy atom. The molecule has 2 aromatic rings. The van der Waals surface area contributed by atoms with E-state index in [0.717, 1.165) is 9.13 Å². The Labute approximate surface area is 134 Å². The number of hydrogen-bond donors (Lipinski definition) is 0. The van der Waals surface area contributed by atoms with Crippen molar-refractivity contribution in [2.45, 2.75) is 6.54 Å². The van der Waals surface area contributed by atoms with Gasteiger partial charge in [0.15, 0.2) is 0 Å². The predicted molar refractivity (Wildman–Crippen MR) is 84.8 cm³/mol. The highest BCUT2D eigenvalue weighted by Gasteiger charge is 2.35. The molecule has 2 aromatic carbocycles. The number of halogens is 2. The zero-order valence-electron chi connectivity index (χ0n) is 10.3. The standard InChI is InChI=1S/C15H9ClINO2/c16-10-3-1-9(2-4-10)8-18-14(19)12-6-5-11(17)7-13(12)15(18)20/h1-7H,8H2. The van der Waals surface area contributed by atoms with Gasteiger partial charge in [0.25, 0.3) is 11.8 Å². The minimum Gasteiger partial charge on any atom is -0.270 e. The lowest BCUT2D eigenvalue weighted by Gasteiger charge is -2.13. The van der Waals surface area contributed by atoms with Crippen LogP contribution in [0.2, 0.25) is 5.02 Å². The summed E-state index contributed by atoms with van der Waals surface area (Å²) in [6.07, 6.45) is 0. The van der Waals surface area contributed by atoms with Crippen LogP contribution in [0.1, 0.15) is 26.3 Å². The third-order valence-electron chi connectivity index (χ3n) is 3.19. The second-order valence-corrected chi connectivity index (χ2v) is 6.19. The average molecular weight is 398 g/mol. The van der Waals surface area contributed by atoms with Gasteiger partial charge < -0.3 is 0 Å². The summed E-state index contributed by atoms with van der Waals surface area (Å²) in [4.78, 5) is 25.8. The monoisotopic (exact) mass is 397 g/mol. The molecule has 0 N–H and O–H groups in total. The van der Waals surface area contributed by atoms with E-state index in [4.69, 9.17) is 11.6 Å². The number of hydrogen-bond acceptors (Lipinski definition) is 2. The molecule has 1 heterocycles. The first kappa shape index (κ1) is 13.6. The zero-order valence-corrected chi connectivity index (χ0v) is 13.2. The quantitative estimate of drug-likeness (QED) is 0.572. The number of carbonyl (C=O) groups excluding carboxylic acids is 2. The van der Waals surface area contributed by atoms with Gasteiger partial charge in [0.1, 0.15) is 0 Å². The first-order chi connectivity index (χ1) is 9.56. The summed E-state index contributed by atoms with van der Waals surface area (Å²) >= 11 is 7.96. The second-order valence-electron chi connectivity index (χ2n) is 4.51. The predicted octanol–water partition coefficient (Wildman–Crippen LogP) is 3.74. The maximum atomic E-state index is 12.3. The molecule has 100 valence electrons. The van der Waals surface area contributed by atoms with Gasteiger partial charge in [-0.1, -0.05) is 23.7 Å². The summed E-state index contributed by atoms with van der Waals surface area (Å²) in [5.41, 5.74) is 1.83. The van der Waals surface area contributed by atoms with Gasteiger partial charge in [-0.05, 0) is 58.5 Å². The van der Waals surface area contributed by atoms with Crippen LogP contribution in [0.25, 0.3) is 0 Å². The van der Waals surface area contributed by atoms with E-state index in [0.29, 0.717) is 16.1 Å². The molecule has 0 fully saturated rings. The zero-order chi connectivity index (χ0) is 14.3. The van der Waals surface area contributed by atoms with E-state index in [-0.39, 0.29) is 18.4 Å². The van der Waals surface area contributed by atoms with Gasteiger partial charge in [-0.25, -0.2) is 0 Å². The van der Waals surface area contributed by atoms with Crippen molar-refractivity contribution < 1.29 is 9.59 Å². The van der Waals surface area contributed by atoms with Crippen molar-refractivity contribution in [2.24, 2.45) is 0 Å². The normalized spacial score (nSPS) is 13.8. The maximum absolute atomic E-state index is 12.3. The van der Waals surface area contributed by atoms with Crippen LogP contribution in [-0.2, 0) is 6.54 Å². The molecule has 0 unspecified atom stereocenters. The summed E-state index contributed by atoms with van der Waals surface area (Å²) in [5, 5.41) is 0.630. The van der Waals surface area contributed by atoms with Gasteiger partial charge in [0.05, 0.1) is 17.7 Å². The Bertz CT molecular complexity index is 712. The molecule has 0 saturated heterocycles. The van der Waals surface area contributed by atoms with Crippen molar-refractivity contribution in [1.29, 1.82) is 0 Å². The van der Waals surface area contributed by atoms with Crippen LogP contribution in [0, 0.1) is 3.57 Å². The molecule has 2 amide bonds. The molecule has 0 atom stereocenters. The van der Waals surface area contributed by atoms with E-state index in [1.807, 2.05) is 18.2 Å². The first-order valence-corrected chi connectivity index (χ1v) is 7.42. The number of benzene rings is 2. The maximum Gasteiger partial charge on any atom is 0.261 e. The molecule has 1 aliphatic rings. The smallest absolute Gasteiger partial charge is 0.261 e. The highest BCUT2D eigenvalue weighted by molar-refractivity contribution is 14.1. The molecule has 0 saturated carbocycles. The van der Waals surface area contributed by atoms with E-state index in [1.165, 1.54) is 4.90 Å². The fourth-order valence-corrected chi connectivity index (χ4v) is 2.80. The molecular weight excluding hydrogens is 389 g/mol. The molecule has 5 heteroatoms. The topological polar surface area (TPSA) is 37.4 Å². The van der Waals surface area contributed by atoms with Crippen LogP contribution in [0.15, 0.2) is 42.5 Å². The van der Waals surface area contributed by atoms with Crippen molar-refractivity contribution in [3.05, 3.63) is 67.7 Å². The molecule has 0 bridgehead atoms. The minimum absolute atomic E-state index is 0.238. The molecule has 0 aromatic heterocycles. The van der Waals surface area contributed by atoms with Crippen LogP contribution >= 0.6 is 34.2 Å². The van der Waals surface area contributed by atoms with Crippen LogP contribution in [-0.4, -0.2) is 16.7 Å². The van der Waals surface area contributed by atoms with Gasteiger partial charge in [-0.2, -0.15) is 0 Å². The molecule has 0 aliphatic carbocycles. The van der Waals surface area contributed by atoms with Crippen molar-refractivity contribution in [3.8, 4) is 0 Å². The highest BCUT2D eigenvalue weighted by atomic mass is 127. The van der Waals surface area contributed by atoms with Crippen LogP contribution in [0.4, 0.5) is 0 Å². The van der Waals surface area contributed by atoms with Gasteiger partial charge in [-0.3, -0.25) is 14.5 Å². The summed E-state index contributed by atoms with van der Waals surface area (Å²) in [6, 6.07) is 12.4. The van der Waals surface area contributed by atoms with Crippen molar-refractivity contribution in [3.63, 3.8) is 0 Å². The van der Waals surface area contributed by atoms with Gasteiger partial charge in [0.2, 0.25) is 0 Å². The van der Waals surface area contributed by atoms with E-state index in [9.17, 15) is 9.59 Å². The Balaban J connectivity index is 1.91. The Kier molecular flexibility index (Phi) is 3.52. The van der Waals surface area contributed by atoms with E-state index >= 15 is 0 Å². The van der Waals surface area contributed by atoms with Crippen molar-refractivity contribution in [2.75, 3.05) is 0 Å². The van der Waals surface area contributed by atoms with Crippen LogP contribution in [0.5, 0.6) is 0 Å². The van der Waals surface area contributed by atoms with Gasteiger partial charge in [0, 0.05) is 8.59 Å². The number of imide groups is 1. The Morgan fingerprint density at radius 1 is 0.950 bits per heavy atom. The van der Waals surface area contributed by atoms with Gasteiger partial charge >= 0.3 is 0 Å². The third kappa shape index (κ3) is 2.33. The number of nitrogens with zero attached hydrogens (tertiary/aromatic N) is 1. The SMILES string of the molecule is O=C1c2ccc(I)cc2C(=O)N1Cc1ccc(Cl)cc1. The average Bonchev–Trinajstić information content (AvgIpc) is 2.66. The molecule has 0 spiro atoms. The number of rotatable bonds is 2. The summed E-state index contributed by atoms with van der Waals surface area (Å²) in [5.74, 6) is -0.477. The first-order valence-electron chi connectivity index (χ1n) is 5.96. The summed E-state index contributed by atoms with van der Waals surface area (Å²) < 4.78 is 0.941. The summed E-state index contributed by atoms with van der Waals surface area (Å²) in [7, 11) is 0. The molecule has 0 radical (unpaired) electrons. The summed E-state index contributed by atoms with van der Waals surface area (Å²) in [6.45, 7) is 0.264. The fourth-order valence-electron chi connectivity index (χ4n) is 2.18. The Morgan fingerprint density at radius 3 is 2.30 bits per heavy atom. The van der Waals surface area contributed by atoms with E-state index in [2.05, 4.69) is 22.6 Å². The molecule has 20 heavy (non-hydrogen) atoms. The lowest BCUT2D eigenvalue weighted by molar-refractivity contribution is 0.0642. The lowest BCUT2D eigenvalue weighted by Crippen LogP contribution is -2.29. The van der Waals surface area contributed by atoms with E-state index < -0.39 is 0 Å². The fraction of sp³-hybridized carbons (Fsp3) is 0.0667. The number of fused-ring (bicyclic) bond motifs is 1. The number of amides is 2. The third-order valence-corrected chi connectivity index (χ3v) is 4.11. The van der Waals surface area contributed by atoms with E-state index in [1.54, 1.807) is 24.3 Å². The lowest BCUT2D eigenvalue weighted by atomic mass is 10.1. The van der Waals surface area contributed by atoms with Gasteiger partial charge in [-0.15, -0.1) is 0 Å². The van der Waals surface area contributed by atoms with Crippen LogP contribution < -0.4 is 0 Å². The molecular formula is C15H9ClINO2. The minimum atomic E-state index is -0.239. The molecule has 3 rings (SSSR count). The highest BCUT2D eigenvalue weighted by Crippen LogP contribution is 2.26. The van der Waals surface area contributed by atoms with Crippen molar-refractivity contribution >= 4 is 46.0 Å².